The molecule has 0 spiro atoms. The molecule has 0 saturated heterocycles. The van der Waals surface area contributed by atoms with Crippen LogP contribution in [0.3, 0.4) is 0 Å². The minimum atomic E-state index is -0.653. The topological polar surface area (TPSA) is 87.7 Å². The second kappa shape index (κ2) is 9.98. The van der Waals surface area contributed by atoms with Gasteiger partial charge in [-0.25, -0.2) is 9.59 Å². The number of hydrogen-bond acceptors (Lipinski definition) is 4. The molecule has 1 aliphatic heterocycles. The van der Waals surface area contributed by atoms with Crippen LogP contribution >= 0.6 is 0 Å². The molecule has 3 amide bonds. The molecule has 1 aromatic rings. The summed E-state index contributed by atoms with van der Waals surface area (Å²) >= 11 is 0. The molecule has 1 aromatic carbocycles. The van der Waals surface area contributed by atoms with Gasteiger partial charge in [-0.1, -0.05) is 39.8 Å². The summed E-state index contributed by atoms with van der Waals surface area (Å²) in [4.78, 5) is 38.9. The molecule has 7 heteroatoms. The lowest BCUT2D eigenvalue weighted by Crippen LogP contribution is -2.46. The number of carbonyl (C=O) groups is 3. The van der Waals surface area contributed by atoms with Crippen molar-refractivity contribution in [3.05, 3.63) is 41.1 Å². The molecule has 1 heterocycles. The van der Waals surface area contributed by atoms with E-state index in [0.29, 0.717) is 28.9 Å². The number of benzene rings is 1. The van der Waals surface area contributed by atoms with Gasteiger partial charge in [-0.05, 0) is 49.3 Å². The van der Waals surface area contributed by atoms with Crippen LogP contribution in [0.1, 0.15) is 66.0 Å². The van der Waals surface area contributed by atoms with E-state index < -0.39 is 12.0 Å². The number of urea groups is 1. The van der Waals surface area contributed by atoms with E-state index in [-0.39, 0.29) is 29.9 Å². The molecule has 0 aliphatic carbocycles. The first-order valence-electron chi connectivity index (χ1n) is 10.7. The number of hydrogen-bond donors (Lipinski definition) is 2. The zero-order valence-electron chi connectivity index (χ0n) is 19.7. The van der Waals surface area contributed by atoms with Crippen molar-refractivity contribution in [2.24, 2.45) is 11.3 Å². The number of esters is 1. The van der Waals surface area contributed by atoms with Crippen molar-refractivity contribution < 1.29 is 19.1 Å². The summed E-state index contributed by atoms with van der Waals surface area (Å²) in [6, 6.07) is 6.25. The lowest BCUT2D eigenvalue weighted by atomic mass is 9.84. The molecular weight excluding hydrogens is 394 g/mol. The smallest absolute Gasteiger partial charge is 0.338 e. The molecule has 0 saturated carbocycles. The van der Waals surface area contributed by atoms with Crippen LogP contribution in [0.25, 0.3) is 0 Å². The summed E-state index contributed by atoms with van der Waals surface area (Å²) in [5.41, 5.74) is 2.41. The first-order valence-corrected chi connectivity index (χ1v) is 10.7. The van der Waals surface area contributed by atoms with E-state index in [9.17, 15) is 14.4 Å². The zero-order valence-corrected chi connectivity index (χ0v) is 19.7. The number of amides is 3. The lowest BCUT2D eigenvalue weighted by Gasteiger charge is -2.33. The summed E-state index contributed by atoms with van der Waals surface area (Å²) in [6.07, 6.45) is 1.38. The second-order valence-corrected chi connectivity index (χ2v) is 9.41. The van der Waals surface area contributed by atoms with E-state index in [2.05, 4.69) is 38.3 Å². The van der Waals surface area contributed by atoms with Crippen LogP contribution in [0, 0.1) is 11.3 Å². The van der Waals surface area contributed by atoms with Gasteiger partial charge in [-0.15, -0.1) is 0 Å². The number of carbonyl (C=O) groups excluding carboxylic acids is 3. The van der Waals surface area contributed by atoms with E-state index in [1.165, 1.54) is 4.90 Å². The Kier molecular flexibility index (Phi) is 7.87. The Bertz CT molecular complexity index is 870. The normalized spacial score (nSPS) is 17.8. The Hall–Kier alpha value is -2.83. The Morgan fingerprint density at radius 2 is 1.97 bits per heavy atom. The maximum atomic E-state index is 12.6. The Morgan fingerprint density at radius 1 is 1.29 bits per heavy atom. The van der Waals surface area contributed by atoms with Crippen LogP contribution in [0.5, 0.6) is 0 Å². The highest BCUT2D eigenvalue weighted by Crippen LogP contribution is 2.32. The van der Waals surface area contributed by atoms with Crippen LogP contribution in [0.15, 0.2) is 35.5 Å². The third-order valence-electron chi connectivity index (χ3n) is 5.25. The van der Waals surface area contributed by atoms with Crippen LogP contribution in [0.4, 0.5) is 10.5 Å². The number of ether oxygens (including phenoxy) is 1. The quantitative estimate of drug-likeness (QED) is 0.619. The van der Waals surface area contributed by atoms with Gasteiger partial charge in [0.1, 0.15) is 0 Å². The maximum absolute atomic E-state index is 12.6. The maximum Gasteiger partial charge on any atom is 0.338 e. The number of anilines is 1. The Morgan fingerprint density at radius 3 is 2.58 bits per heavy atom. The third kappa shape index (κ3) is 6.57. The molecule has 2 atom stereocenters. The summed E-state index contributed by atoms with van der Waals surface area (Å²) in [7, 11) is 1.61. The van der Waals surface area contributed by atoms with E-state index in [0.717, 1.165) is 6.42 Å². The summed E-state index contributed by atoms with van der Waals surface area (Å²) in [5, 5.41) is 5.80. The molecule has 0 unspecified atom stereocenters. The fourth-order valence-corrected chi connectivity index (χ4v) is 4.00. The lowest BCUT2D eigenvalue weighted by molar-refractivity contribution is -0.139. The van der Waals surface area contributed by atoms with Crippen molar-refractivity contribution >= 4 is 23.6 Å². The largest absolute Gasteiger partial charge is 0.463 e. The molecule has 31 heavy (non-hydrogen) atoms. The Balaban J connectivity index is 2.24. The summed E-state index contributed by atoms with van der Waals surface area (Å²) < 4.78 is 5.22. The molecule has 2 rings (SSSR count). The number of rotatable bonds is 7. The number of nitrogens with zero attached hydrogens (tertiary/aromatic N) is 1. The molecule has 2 N–H and O–H groups in total. The zero-order chi connectivity index (χ0) is 23.3. The van der Waals surface area contributed by atoms with Crippen molar-refractivity contribution in [2.75, 3.05) is 19.0 Å². The molecule has 0 fully saturated rings. The monoisotopic (exact) mass is 429 g/mol. The van der Waals surface area contributed by atoms with Crippen LogP contribution < -0.4 is 10.6 Å². The minimum absolute atomic E-state index is 0.0568. The van der Waals surface area contributed by atoms with Crippen molar-refractivity contribution in [1.82, 2.24) is 10.2 Å². The van der Waals surface area contributed by atoms with Gasteiger partial charge in [-0.2, -0.15) is 0 Å². The van der Waals surface area contributed by atoms with Crippen LogP contribution in [-0.4, -0.2) is 36.5 Å². The van der Waals surface area contributed by atoms with Gasteiger partial charge >= 0.3 is 12.0 Å². The third-order valence-corrected chi connectivity index (χ3v) is 5.25. The highest BCUT2D eigenvalue weighted by molar-refractivity contribution is 5.95. The molecule has 1 aliphatic rings. The first-order chi connectivity index (χ1) is 14.4. The fourth-order valence-electron chi connectivity index (χ4n) is 4.00. The van der Waals surface area contributed by atoms with E-state index >= 15 is 0 Å². The Labute approximate surface area is 185 Å². The van der Waals surface area contributed by atoms with Gasteiger partial charge < -0.3 is 20.3 Å². The molecule has 0 aromatic heterocycles. The number of nitrogens with one attached hydrogen (secondary N) is 2. The van der Waals surface area contributed by atoms with Gasteiger partial charge in [0.25, 0.3) is 0 Å². The van der Waals surface area contributed by atoms with Crippen LogP contribution in [0.2, 0.25) is 0 Å². The first kappa shape index (κ1) is 24.4. The highest BCUT2D eigenvalue weighted by Gasteiger charge is 2.35. The highest BCUT2D eigenvalue weighted by atomic mass is 16.5. The molecule has 0 radical (unpaired) electrons. The molecular formula is C24H35N3O4. The number of allylic oxidation sites excluding steroid dienone is 1. The van der Waals surface area contributed by atoms with Gasteiger partial charge in [0.05, 0.1) is 18.2 Å². The average molecular weight is 430 g/mol. The minimum Gasteiger partial charge on any atom is -0.463 e. The van der Waals surface area contributed by atoms with Crippen molar-refractivity contribution in [2.45, 2.75) is 60.4 Å². The SMILES string of the molecule is CCOC(=O)C1=C(C)N(C)C(=O)N[C@@H]1c1cccc(NC(=O)C[C@H](C)CC(C)(C)C)c1. The average Bonchev–Trinajstić information content (AvgIpc) is 2.64. The van der Waals surface area contributed by atoms with Crippen molar-refractivity contribution in [3.8, 4) is 0 Å². The van der Waals surface area contributed by atoms with Gasteiger partial charge in [0.2, 0.25) is 5.91 Å². The molecule has 0 bridgehead atoms. The predicted octanol–water partition coefficient (Wildman–Crippen LogP) is 4.62. The summed E-state index contributed by atoms with van der Waals surface area (Å²) in [6.45, 7) is 12.3. The van der Waals surface area contributed by atoms with Crippen molar-refractivity contribution in [3.63, 3.8) is 0 Å². The standard InChI is InChI=1S/C24H35N3O4/c1-8-31-22(29)20-16(3)27(7)23(30)26-21(20)17-10-9-11-18(13-17)25-19(28)12-15(2)14-24(4,5)6/h9-11,13,15,21H,8,12,14H2,1-7H3,(H,25,28)(H,26,30)/t15-,21+/m0/s1. The molecule has 170 valence electrons. The van der Waals surface area contributed by atoms with Gasteiger partial charge in [0.15, 0.2) is 0 Å². The van der Waals surface area contributed by atoms with E-state index in [1.54, 1.807) is 39.1 Å². The van der Waals surface area contributed by atoms with Gasteiger partial charge in [-0.3, -0.25) is 4.79 Å². The van der Waals surface area contributed by atoms with Crippen LogP contribution in [-0.2, 0) is 14.3 Å². The second-order valence-electron chi connectivity index (χ2n) is 9.41. The molecule has 7 nitrogen and oxygen atoms in total. The predicted molar refractivity (Wildman–Crippen MR) is 121 cm³/mol. The van der Waals surface area contributed by atoms with Crippen molar-refractivity contribution in [1.29, 1.82) is 0 Å². The van der Waals surface area contributed by atoms with E-state index in [1.807, 2.05) is 6.07 Å². The fraction of sp³-hybridized carbons (Fsp3) is 0.542. The van der Waals surface area contributed by atoms with E-state index in [4.69, 9.17) is 4.74 Å². The van der Waals surface area contributed by atoms with Gasteiger partial charge in [0, 0.05) is 24.9 Å². The summed E-state index contributed by atoms with van der Waals surface area (Å²) in [5.74, 6) is -0.265.